The summed E-state index contributed by atoms with van der Waals surface area (Å²) in [6, 6.07) is 11.9. The fourth-order valence-corrected chi connectivity index (χ4v) is 4.31. The lowest BCUT2D eigenvalue weighted by atomic mass is 10.1. The summed E-state index contributed by atoms with van der Waals surface area (Å²) in [4.78, 5) is 19.8. The Morgan fingerprint density at radius 1 is 1.09 bits per heavy atom. The Bertz CT molecular complexity index is 1060. The van der Waals surface area contributed by atoms with Crippen LogP contribution in [0, 0.1) is 27.7 Å². The second-order valence-electron chi connectivity index (χ2n) is 8.11. The van der Waals surface area contributed by atoms with Gasteiger partial charge in [0.15, 0.2) is 0 Å². The minimum absolute atomic E-state index is 0.0239. The molecule has 6 heteroatoms. The third-order valence-electron chi connectivity index (χ3n) is 5.51. The first-order valence-corrected chi connectivity index (χ1v) is 11.7. The summed E-state index contributed by atoms with van der Waals surface area (Å²) >= 11 is 1.57. The normalized spacial score (nSPS) is 10.9. The molecule has 0 aliphatic carbocycles. The molecule has 5 nitrogen and oxygen atoms in total. The van der Waals surface area contributed by atoms with Gasteiger partial charge >= 0.3 is 0 Å². The highest BCUT2D eigenvalue weighted by Crippen LogP contribution is 2.25. The van der Waals surface area contributed by atoms with Crippen LogP contribution < -0.4 is 4.74 Å². The summed E-state index contributed by atoms with van der Waals surface area (Å²) in [5.74, 6) is 0.922. The van der Waals surface area contributed by atoms with Crippen molar-refractivity contribution in [3.05, 3.63) is 80.3 Å². The molecular weight excluding hydrogens is 420 g/mol. The van der Waals surface area contributed by atoms with E-state index in [0.717, 1.165) is 39.6 Å². The van der Waals surface area contributed by atoms with Gasteiger partial charge in [-0.05, 0) is 68.5 Å². The predicted molar refractivity (Wildman–Crippen MR) is 130 cm³/mol. The maximum absolute atomic E-state index is 13.2. The zero-order valence-electron chi connectivity index (χ0n) is 19.6. The zero-order chi connectivity index (χ0) is 23.1. The average molecular weight is 453 g/mol. The van der Waals surface area contributed by atoms with Gasteiger partial charge in [0, 0.05) is 31.2 Å². The smallest absolute Gasteiger partial charge is 0.254 e. The first-order chi connectivity index (χ1) is 15.4. The van der Waals surface area contributed by atoms with E-state index in [2.05, 4.69) is 32.9 Å². The molecular formula is C26H32N2O3S. The zero-order valence-corrected chi connectivity index (χ0v) is 20.4. The standard InChI is InChI=1S/C26H32N2O3S/c1-18-13-20(3)21(4)24(14-18)31-16-25-27-22(17-32-25)15-28(11-8-12-30-5)26(29)23-10-7-6-9-19(23)2/h6-7,9-10,13-14,17H,8,11-12,15-16H2,1-5H3. The molecule has 32 heavy (non-hydrogen) atoms. The van der Waals surface area contributed by atoms with Crippen molar-refractivity contribution in [2.24, 2.45) is 0 Å². The van der Waals surface area contributed by atoms with Crippen molar-refractivity contribution >= 4 is 17.2 Å². The number of hydrogen-bond donors (Lipinski definition) is 0. The maximum atomic E-state index is 13.2. The molecule has 0 aliphatic heterocycles. The third kappa shape index (κ3) is 6.17. The number of carbonyl (C=O) groups excluding carboxylic acids is 1. The molecule has 1 heterocycles. The monoisotopic (exact) mass is 452 g/mol. The maximum Gasteiger partial charge on any atom is 0.254 e. The van der Waals surface area contributed by atoms with E-state index in [4.69, 9.17) is 14.5 Å². The number of aromatic nitrogens is 1. The number of amides is 1. The molecule has 0 atom stereocenters. The molecule has 1 aromatic heterocycles. The number of carbonyl (C=O) groups is 1. The Hall–Kier alpha value is -2.70. The van der Waals surface area contributed by atoms with Gasteiger partial charge in [-0.15, -0.1) is 11.3 Å². The number of ether oxygens (including phenoxy) is 2. The summed E-state index contributed by atoms with van der Waals surface area (Å²) in [6.07, 6.45) is 0.778. The lowest BCUT2D eigenvalue weighted by Gasteiger charge is -2.22. The van der Waals surface area contributed by atoms with E-state index in [1.807, 2.05) is 41.5 Å². The summed E-state index contributed by atoms with van der Waals surface area (Å²) in [7, 11) is 1.68. The van der Waals surface area contributed by atoms with Crippen molar-refractivity contribution in [2.75, 3.05) is 20.3 Å². The van der Waals surface area contributed by atoms with E-state index >= 15 is 0 Å². The SMILES string of the molecule is COCCCN(Cc1csc(COc2cc(C)cc(C)c2C)n1)C(=O)c1ccccc1C. The molecule has 0 aliphatic rings. The van der Waals surface area contributed by atoms with Gasteiger partial charge in [-0.2, -0.15) is 0 Å². The fraction of sp³-hybridized carbons (Fsp3) is 0.385. The molecule has 3 rings (SSSR count). The molecule has 0 N–H and O–H groups in total. The molecule has 0 bridgehead atoms. The van der Waals surface area contributed by atoms with E-state index in [1.54, 1.807) is 18.4 Å². The number of hydrogen-bond acceptors (Lipinski definition) is 5. The highest BCUT2D eigenvalue weighted by atomic mass is 32.1. The molecule has 0 fully saturated rings. The van der Waals surface area contributed by atoms with Crippen LogP contribution in [0.5, 0.6) is 5.75 Å². The Labute approximate surface area is 195 Å². The molecule has 0 spiro atoms. The Morgan fingerprint density at radius 2 is 1.88 bits per heavy atom. The molecule has 0 unspecified atom stereocenters. The topological polar surface area (TPSA) is 51.7 Å². The van der Waals surface area contributed by atoms with Crippen LogP contribution >= 0.6 is 11.3 Å². The number of methoxy groups -OCH3 is 1. The second-order valence-corrected chi connectivity index (χ2v) is 9.06. The van der Waals surface area contributed by atoms with Gasteiger partial charge in [-0.25, -0.2) is 4.98 Å². The Balaban J connectivity index is 1.69. The van der Waals surface area contributed by atoms with Crippen LogP contribution in [-0.2, 0) is 17.9 Å². The number of aryl methyl sites for hydroxylation is 3. The molecule has 1 amide bonds. The molecule has 0 saturated carbocycles. The van der Waals surface area contributed by atoms with Crippen LogP contribution in [0.25, 0.3) is 0 Å². The van der Waals surface area contributed by atoms with Crippen LogP contribution in [0.2, 0.25) is 0 Å². The van der Waals surface area contributed by atoms with E-state index in [-0.39, 0.29) is 5.91 Å². The second kappa shape index (κ2) is 11.2. The van der Waals surface area contributed by atoms with Crippen molar-refractivity contribution in [1.82, 2.24) is 9.88 Å². The van der Waals surface area contributed by atoms with E-state index in [9.17, 15) is 4.79 Å². The number of nitrogens with zero attached hydrogens (tertiary/aromatic N) is 2. The highest BCUT2D eigenvalue weighted by Gasteiger charge is 2.19. The number of thiazole rings is 1. The molecule has 170 valence electrons. The quantitative estimate of drug-likeness (QED) is 0.374. The fourth-order valence-electron chi connectivity index (χ4n) is 3.61. The van der Waals surface area contributed by atoms with Crippen molar-refractivity contribution in [2.45, 2.75) is 47.3 Å². The summed E-state index contributed by atoms with van der Waals surface area (Å²) in [6.45, 7) is 10.3. The molecule has 0 saturated heterocycles. The van der Waals surface area contributed by atoms with Crippen LogP contribution in [0.3, 0.4) is 0 Å². The third-order valence-corrected chi connectivity index (χ3v) is 6.38. The molecule has 0 radical (unpaired) electrons. The van der Waals surface area contributed by atoms with Gasteiger partial charge in [0.1, 0.15) is 17.4 Å². The van der Waals surface area contributed by atoms with Crippen LogP contribution in [0.4, 0.5) is 0 Å². The van der Waals surface area contributed by atoms with E-state index < -0.39 is 0 Å². The van der Waals surface area contributed by atoms with Crippen LogP contribution in [0.15, 0.2) is 41.8 Å². The lowest BCUT2D eigenvalue weighted by Crippen LogP contribution is -2.32. The Kier molecular flexibility index (Phi) is 8.42. The molecule has 2 aromatic carbocycles. The van der Waals surface area contributed by atoms with Crippen molar-refractivity contribution in [3.63, 3.8) is 0 Å². The van der Waals surface area contributed by atoms with Crippen LogP contribution in [-0.4, -0.2) is 36.1 Å². The first-order valence-electron chi connectivity index (χ1n) is 10.9. The summed E-state index contributed by atoms with van der Waals surface area (Å²) in [5, 5.41) is 2.92. The van der Waals surface area contributed by atoms with Gasteiger partial charge < -0.3 is 14.4 Å². The van der Waals surface area contributed by atoms with Gasteiger partial charge in [-0.3, -0.25) is 4.79 Å². The Morgan fingerprint density at radius 3 is 2.62 bits per heavy atom. The number of benzene rings is 2. The van der Waals surface area contributed by atoms with Crippen LogP contribution in [0.1, 0.15) is 49.7 Å². The van der Waals surface area contributed by atoms with Crippen molar-refractivity contribution in [3.8, 4) is 5.75 Å². The largest absolute Gasteiger partial charge is 0.486 e. The predicted octanol–water partition coefficient (Wildman–Crippen LogP) is 5.63. The van der Waals surface area contributed by atoms with Gasteiger partial charge in [0.05, 0.1) is 12.2 Å². The van der Waals surface area contributed by atoms with E-state index in [1.165, 1.54) is 11.1 Å². The van der Waals surface area contributed by atoms with Gasteiger partial charge in [0.2, 0.25) is 0 Å². The highest BCUT2D eigenvalue weighted by molar-refractivity contribution is 7.09. The van der Waals surface area contributed by atoms with Gasteiger partial charge in [-0.1, -0.05) is 24.3 Å². The van der Waals surface area contributed by atoms with Crippen molar-refractivity contribution < 1.29 is 14.3 Å². The lowest BCUT2D eigenvalue weighted by molar-refractivity contribution is 0.0721. The average Bonchev–Trinajstić information content (AvgIpc) is 3.22. The minimum Gasteiger partial charge on any atom is -0.486 e. The van der Waals surface area contributed by atoms with E-state index in [0.29, 0.717) is 26.3 Å². The van der Waals surface area contributed by atoms with Crippen molar-refractivity contribution in [1.29, 1.82) is 0 Å². The summed E-state index contributed by atoms with van der Waals surface area (Å²) in [5.41, 5.74) is 6.15. The first kappa shape index (κ1) is 24.0. The van der Waals surface area contributed by atoms with Gasteiger partial charge in [0.25, 0.3) is 5.91 Å². The summed E-state index contributed by atoms with van der Waals surface area (Å²) < 4.78 is 11.3. The molecule has 3 aromatic rings. The minimum atomic E-state index is 0.0239. The number of rotatable bonds is 10.